The van der Waals surface area contributed by atoms with Crippen molar-refractivity contribution in [3.05, 3.63) is 28.6 Å². The van der Waals surface area contributed by atoms with E-state index in [1.165, 1.54) is 0 Å². The third-order valence-corrected chi connectivity index (χ3v) is 2.90. The standard InChI is InChI=1S/C9H6O7S/c10-4-1-6(11)5-3-8(17(13,14)15)9(12)16-7(5)2-4/h1-3,10-11H,(H,13,14,15). The van der Waals surface area contributed by atoms with E-state index in [-0.39, 0.29) is 16.7 Å². The van der Waals surface area contributed by atoms with E-state index >= 15 is 0 Å². The summed E-state index contributed by atoms with van der Waals surface area (Å²) in [7, 11) is -4.73. The van der Waals surface area contributed by atoms with Crippen molar-refractivity contribution < 1.29 is 27.6 Å². The summed E-state index contributed by atoms with van der Waals surface area (Å²) in [5.41, 5.74) is -1.48. The lowest BCUT2D eigenvalue weighted by Gasteiger charge is -2.02. The Hall–Kier alpha value is -2.06. The van der Waals surface area contributed by atoms with Crippen molar-refractivity contribution >= 4 is 21.1 Å². The largest absolute Gasteiger partial charge is 0.508 e. The number of fused-ring (bicyclic) bond motifs is 1. The average Bonchev–Trinajstić information content (AvgIpc) is 2.13. The van der Waals surface area contributed by atoms with Crippen LogP contribution >= 0.6 is 0 Å². The molecule has 0 aliphatic carbocycles. The normalized spacial score (nSPS) is 11.8. The Morgan fingerprint density at radius 3 is 2.35 bits per heavy atom. The smallest absolute Gasteiger partial charge is 0.357 e. The molecule has 0 amide bonds. The molecule has 0 radical (unpaired) electrons. The topological polar surface area (TPSA) is 125 Å². The van der Waals surface area contributed by atoms with Crippen LogP contribution in [0.2, 0.25) is 0 Å². The number of aromatic hydroxyl groups is 2. The second-order valence-corrected chi connectivity index (χ2v) is 4.64. The molecular formula is C9H6O7S. The van der Waals surface area contributed by atoms with Crippen molar-refractivity contribution in [2.24, 2.45) is 0 Å². The molecule has 0 saturated carbocycles. The number of hydrogen-bond donors (Lipinski definition) is 3. The zero-order chi connectivity index (χ0) is 12.8. The molecule has 0 aliphatic heterocycles. The second kappa shape index (κ2) is 3.47. The van der Waals surface area contributed by atoms with E-state index in [0.717, 1.165) is 18.2 Å². The van der Waals surface area contributed by atoms with E-state index in [9.17, 15) is 18.3 Å². The fraction of sp³-hybridized carbons (Fsp3) is 0. The number of hydrogen-bond acceptors (Lipinski definition) is 6. The molecule has 1 aromatic heterocycles. The van der Waals surface area contributed by atoms with Crippen LogP contribution in [-0.4, -0.2) is 23.2 Å². The van der Waals surface area contributed by atoms with Crippen LogP contribution in [0.15, 0.2) is 32.3 Å². The zero-order valence-electron chi connectivity index (χ0n) is 8.11. The first-order chi connectivity index (χ1) is 7.79. The van der Waals surface area contributed by atoms with Crippen molar-refractivity contribution in [1.29, 1.82) is 0 Å². The summed E-state index contributed by atoms with van der Waals surface area (Å²) in [5, 5.41) is 18.5. The Balaban J connectivity index is 2.96. The molecular weight excluding hydrogens is 252 g/mol. The van der Waals surface area contributed by atoms with Gasteiger partial charge in [0.2, 0.25) is 0 Å². The van der Waals surface area contributed by atoms with Gasteiger partial charge in [-0.2, -0.15) is 8.42 Å². The molecule has 0 unspecified atom stereocenters. The highest BCUT2D eigenvalue weighted by molar-refractivity contribution is 7.85. The lowest BCUT2D eigenvalue weighted by atomic mass is 10.2. The maximum atomic E-state index is 11.2. The molecule has 1 aromatic carbocycles. The van der Waals surface area contributed by atoms with Gasteiger partial charge in [0.05, 0.1) is 5.39 Å². The van der Waals surface area contributed by atoms with Gasteiger partial charge in [-0.05, 0) is 6.07 Å². The van der Waals surface area contributed by atoms with Crippen LogP contribution in [0.1, 0.15) is 0 Å². The van der Waals surface area contributed by atoms with Gasteiger partial charge >= 0.3 is 15.7 Å². The van der Waals surface area contributed by atoms with Crippen LogP contribution in [0.5, 0.6) is 11.5 Å². The minimum Gasteiger partial charge on any atom is -0.508 e. The minimum absolute atomic E-state index is 0.116. The highest BCUT2D eigenvalue weighted by atomic mass is 32.2. The molecule has 0 aliphatic rings. The van der Waals surface area contributed by atoms with Gasteiger partial charge in [0.15, 0.2) is 4.90 Å². The first-order valence-corrected chi connectivity index (χ1v) is 5.70. The Kier molecular flexibility index (Phi) is 2.33. The van der Waals surface area contributed by atoms with Gasteiger partial charge in [-0.3, -0.25) is 4.55 Å². The molecule has 0 saturated heterocycles. The molecule has 0 fully saturated rings. The molecule has 1 heterocycles. The molecule has 2 rings (SSSR count). The molecule has 8 heteroatoms. The summed E-state index contributed by atoms with van der Waals surface area (Å²) in [4.78, 5) is 10.3. The van der Waals surface area contributed by atoms with E-state index in [2.05, 4.69) is 4.42 Å². The van der Waals surface area contributed by atoms with E-state index in [4.69, 9.17) is 9.66 Å². The predicted octanol–water partition coefficient (Wildman–Crippen LogP) is 0.451. The van der Waals surface area contributed by atoms with Crippen molar-refractivity contribution in [2.75, 3.05) is 0 Å². The summed E-state index contributed by atoms with van der Waals surface area (Å²) in [6, 6.07) is 2.74. The Morgan fingerprint density at radius 1 is 1.12 bits per heavy atom. The summed E-state index contributed by atoms with van der Waals surface area (Å²) in [6.45, 7) is 0. The first-order valence-electron chi connectivity index (χ1n) is 4.26. The number of benzene rings is 1. The van der Waals surface area contributed by atoms with Crippen molar-refractivity contribution in [3.8, 4) is 11.5 Å². The fourth-order valence-electron chi connectivity index (χ4n) is 1.35. The SMILES string of the molecule is O=c1oc2cc(O)cc(O)c2cc1S(=O)(=O)O. The van der Waals surface area contributed by atoms with Gasteiger partial charge in [0.25, 0.3) is 0 Å². The van der Waals surface area contributed by atoms with Gasteiger partial charge in [0.1, 0.15) is 17.1 Å². The van der Waals surface area contributed by atoms with Gasteiger partial charge in [0, 0.05) is 12.1 Å². The zero-order valence-corrected chi connectivity index (χ0v) is 8.93. The summed E-state index contributed by atoms with van der Waals surface area (Å²) in [6.07, 6.45) is 0. The van der Waals surface area contributed by atoms with Gasteiger partial charge < -0.3 is 14.6 Å². The molecule has 17 heavy (non-hydrogen) atoms. The molecule has 0 atom stereocenters. The maximum Gasteiger partial charge on any atom is 0.357 e. The van der Waals surface area contributed by atoms with E-state index in [1.807, 2.05) is 0 Å². The van der Waals surface area contributed by atoms with E-state index in [0.29, 0.717) is 0 Å². The summed E-state index contributed by atoms with van der Waals surface area (Å²) in [5.74, 6) is -0.827. The second-order valence-electron chi connectivity index (χ2n) is 3.25. The molecule has 3 N–H and O–H groups in total. The van der Waals surface area contributed by atoms with Gasteiger partial charge in [-0.1, -0.05) is 0 Å². The highest BCUT2D eigenvalue weighted by Crippen LogP contribution is 2.29. The molecule has 7 nitrogen and oxygen atoms in total. The average molecular weight is 258 g/mol. The molecule has 0 spiro atoms. The minimum atomic E-state index is -4.73. The number of phenolic OH excluding ortho intramolecular Hbond substituents is 2. The Labute approximate surface area is 94.3 Å². The van der Waals surface area contributed by atoms with Crippen molar-refractivity contribution in [1.82, 2.24) is 0 Å². The first kappa shape index (κ1) is 11.4. The van der Waals surface area contributed by atoms with Crippen molar-refractivity contribution in [3.63, 3.8) is 0 Å². The van der Waals surface area contributed by atoms with Crippen LogP contribution in [0, 0.1) is 0 Å². The van der Waals surface area contributed by atoms with Crippen LogP contribution in [0.4, 0.5) is 0 Å². The Bertz CT molecular complexity index is 757. The summed E-state index contributed by atoms with van der Waals surface area (Å²) >= 11 is 0. The molecule has 0 bridgehead atoms. The molecule has 2 aromatic rings. The number of rotatable bonds is 1. The monoisotopic (exact) mass is 258 g/mol. The summed E-state index contributed by atoms with van der Waals surface area (Å²) < 4.78 is 35.0. The van der Waals surface area contributed by atoms with Crippen LogP contribution < -0.4 is 5.63 Å². The van der Waals surface area contributed by atoms with E-state index < -0.39 is 26.4 Å². The fourth-order valence-corrected chi connectivity index (χ4v) is 1.87. The quantitative estimate of drug-likeness (QED) is 0.500. The predicted molar refractivity (Wildman–Crippen MR) is 55.6 cm³/mol. The lowest BCUT2D eigenvalue weighted by molar-refractivity contribution is 0.448. The highest BCUT2D eigenvalue weighted by Gasteiger charge is 2.19. The third kappa shape index (κ3) is 1.95. The van der Waals surface area contributed by atoms with Crippen LogP contribution in [-0.2, 0) is 10.1 Å². The third-order valence-electron chi connectivity index (χ3n) is 2.06. The van der Waals surface area contributed by atoms with Crippen molar-refractivity contribution in [2.45, 2.75) is 4.90 Å². The maximum absolute atomic E-state index is 11.2. The van der Waals surface area contributed by atoms with E-state index in [1.54, 1.807) is 0 Å². The van der Waals surface area contributed by atoms with Crippen LogP contribution in [0.3, 0.4) is 0 Å². The van der Waals surface area contributed by atoms with Gasteiger partial charge in [-0.25, -0.2) is 4.79 Å². The van der Waals surface area contributed by atoms with Crippen LogP contribution in [0.25, 0.3) is 11.0 Å². The number of phenols is 2. The Morgan fingerprint density at radius 2 is 1.76 bits per heavy atom. The lowest BCUT2D eigenvalue weighted by Crippen LogP contribution is -2.12. The van der Waals surface area contributed by atoms with Gasteiger partial charge in [-0.15, -0.1) is 0 Å². The molecule has 90 valence electrons.